The van der Waals surface area contributed by atoms with E-state index in [9.17, 15) is 9.90 Å². The van der Waals surface area contributed by atoms with Crippen molar-refractivity contribution in [2.75, 3.05) is 24.8 Å². The van der Waals surface area contributed by atoms with Gasteiger partial charge in [0.15, 0.2) is 0 Å². The number of benzene rings is 2. The third-order valence-corrected chi connectivity index (χ3v) is 2.93. The predicted octanol–water partition coefficient (Wildman–Crippen LogP) is 2.26. The Morgan fingerprint density at radius 2 is 2.00 bits per heavy atom. The molecule has 0 aliphatic rings. The van der Waals surface area contributed by atoms with Crippen LogP contribution in [-0.4, -0.2) is 25.2 Å². The second kappa shape index (κ2) is 5.52. The van der Waals surface area contributed by atoms with Crippen LogP contribution < -0.4 is 15.4 Å². The van der Waals surface area contributed by atoms with Crippen LogP contribution in [0.15, 0.2) is 42.5 Å². The molecule has 0 radical (unpaired) electrons. The molecule has 5 heteroatoms. The lowest BCUT2D eigenvalue weighted by molar-refractivity contribution is 0.0992. The van der Waals surface area contributed by atoms with Gasteiger partial charge in [-0.05, 0) is 24.3 Å². The molecule has 0 bridgehead atoms. The quantitative estimate of drug-likeness (QED) is 0.840. The molecular formula is C15H16N2O3. The van der Waals surface area contributed by atoms with Crippen LogP contribution in [0.5, 0.6) is 11.5 Å². The summed E-state index contributed by atoms with van der Waals surface area (Å²) in [6.07, 6.45) is 0. The molecule has 0 heterocycles. The number of anilines is 2. The van der Waals surface area contributed by atoms with E-state index < -0.39 is 0 Å². The molecule has 5 nitrogen and oxygen atoms in total. The van der Waals surface area contributed by atoms with Crippen molar-refractivity contribution in [3.63, 3.8) is 0 Å². The molecule has 20 heavy (non-hydrogen) atoms. The Balaban J connectivity index is 2.33. The first-order valence-corrected chi connectivity index (χ1v) is 6.03. The molecule has 2 aromatic rings. The number of nitrogen functional groups attached to an aromatic ring is 1. The minimum atomic E-state index is -0.235. The molecule has 0 spiro atoms. The topological polar surface area (TPSA) is 75.8 Å². The van der Waals surface area contributed by atoms with E-state index in [0.717, 1.165) is 0 Å². The summed E-state index contributed by atoms with van der Waals surface area (Å²) >= 11 is 0. The summed E-state index contributed by atoms with van der Waals surface area (Å²) in [5, 5.41) is 9.46. The molecule has 0 saturated carbocycles. The first-order chi connectivity index (χ1) is 9.51. The van der Waals surface area contributed by atoms with Crippen molar-refractivity contribution in [2.45, 2.75) is 0 Å². The first kappa shape index (κ1) is 13.7. The minimum Gasteiger partial charge on any atom is -0.508 e. The number of carbonyl (C=O) groups excluding carboxylic acids is 1. The Hall–Kier alpha value is -2.69. The average molecular weight is 272 g/mol. The van der Waals surface area contributed by atoms with Crippen LogP contribution in [-0.2, 0) is 0 Å². The summed E-state index contributed by atoms with van der Waals surface area (Å²) < 4.78 is 5.10. The molecule has 0 aliphatic heterocycles. The zero-order chi connectivity index (χ0) is 14.7. The summed E-state index contributed by atoms with van der Waals surface area (Å²) in [6, 6.07) is 11.3. The SMILES string of the molecule is COc1cc(N)cc(C(=O)N(C)c2cccc(O)c2)c1. The maximum Gasteiger partial charge on any atom is 0.258 e. The van der Waals surface area contributed by atoms with Crippen molar-refractivity contribution in [1.29, 1.82) is 0 Å². The van der Waals surface area contributed by atoms with Crippen LogP contribution in [0.1, 0.15) is 10.4 Å². The standard InChI is InChI=1S/C15H16N2O3/c1-17(12-4-3-5-13(18)9-12)15(19)10-6-11(16)8-14(7-10)20-2/h3-9,18H,16H2,1-2H3. The molecule has 1 amide bonds. The van der Waals surface area contributed by atoms with Gasteiger partial charge in [0.2, 0.25) is 0 Å². The maximum absolute atomic E-state index is 12.4. The largest absolute Gasteiger partial charge is 0.508 e. The van der Waals surface area contributed by atoms with Gasteiger partial charge in [-0.15, -0.1) is 0 Å². The second-order valence-corrected chi connectivity index (χ2v) is 4.38. The second-order valence-electron chi connectivity index (χ2n) is 4.38. The molecule has 2 aromatic carbocycles. The number of rotatable bonds is 3. The Labute approximate surface area is 117 Å². The molecular weight excluding hydrogens is 256 g/mol. The highest BCUT2D eigenvalue weighted by Gasteiger charge is 2.15. The summed E-state index contributed by atoms with van der Waals surface area (Å²) in [5.74, 6) is 0.395. The van der Waals surface area contributed by atoms with E-state index in [4.69, 9.17) is 10.5 Å². The van der Waals surface area contributed by atoms with Crippen molar-refractivity contribution in [3.05, 3.63) is 48.0 Å². The van der Waals surface area contributed by atoms with Crippen molar-refractivity contribution >= 4 is 17.3 Å². The number of nitrogens with zero attached hydrogens (tertiary/aromatic N) is 1. The molecule has 0 aliphatic carbocycles. The van der Waals surface area contributed by atoms with Gasteiger partial charge >= 0.3 is 0 Å². The normalized spacial score (nSPS) is 10.1. The number of phenolic OH excluding ortho intramolecular Hbond substituents is 1. The van der Waals surface area contributed by atoms with E-state index in [-0.39, 0.29) is 11.7 Å². The Morgan fingerprint density at radius 1 is 1.25 bits per heavy atom. The number of ether oxygens (including phenoxy) is 1. The number of methoxy groups -OCH3 is 1. The van der Waals surface area contributed by atoms with Crippen molar-refractivity contribution in [3.8, 4) is 11.5 Å². The van der Waals surface area contributed by atoms with E-state index in [0.29, 0.717) is 22.7 Å². The maximum atomic E-state index is 12.4. The molecule has 0 atom stereocenters. The van der Waals surface area contributed by atoms with Gasteiger partial charge in [0.05, 0.1) is 7.11 Å². The van der Waals surface area contributed by atoms with E-state index in [2.05, 4.69) is 0 Å². The van der Waals surface area contributed by atoms with Gasteiger partial charge in [-0.2, -0.15) is 0 Å². The lowest BCUT2D eigenvalue weighted by Crippen LogP contribution is -2.26. The molecule has 104 valence electrons. The summed E-state index contributed by atoms with van der Waals surface area (Å²) in [4.78, 5) is 13.8. The average Bonchev–Trinajstić information content (AvgIpc) is 2.45. The number of nitrogens with two attached hydrogens (primary N) is 1. The van der Waals surface area contributed by atoms with Gasteiger partial charge in [-0.1, -0.05) is 6.07 Å². The highest BCUT2D eigenvalue weighted by Crippen LogP contribution is 2.23. The fourth-order valence-corrected chi connectivity index (χ4v) is 1.88. The zero-order valence-corrected chi connectivity index (χ0v) is 11.3. The van der Waals surface area contributed by atoms with Crippen LogP contribution in [0.4, 0.5) is 11.4 Å². The molecule has 0 aromatic heterocycles. The fourth-order valence-electron chi connectivity index (χ4n) is 1.88. The number of hydrogen-bond acceptors (Lipinski definition) is 4. The number of amides is 1. The third kappa shape index (κ3) is 2.83. The van der Waals surface area contributed by atoms with Crippen molar-refractivity contribution in [1.82, 2.24) is 0 Å². The predicted molar refractivity (Wildman–Crippen MR) is 78.2 cm³/mol. The number of aromatic hydroxyl groups is 1. The van der Waals surface area contributed by atoms with E-state index in [1.165, 1.54) is 18.1 Å². The van der Waals surface area contributed by atoms with Gasteiger partial charge in [0, 0.05) is 36.1 Å². The third-order valence-electron chi connectivity index (χ3n) is 2.93. The number of hydrogen-bond donors (Lipinski definition) is 2. The van der Waals surface area contributed by atoms with Crippen LogP contribution in [0.2, 0.25) is 0 Å². The van der Waals surface area contributed by atoms with Gasteiger partial charge in [-0.25, -0.2) is 0 Å². The zero-order valence-electron chi connectivity index (χ0n) is 11.3. The Morgan fingerprint density at radius 3 is 2.65 bits per heavy atom. The lowest BCUT2D eigenvalue weighted by Gasteiger charge is -2.18. The van der Waals surface area contributed by atoms with Crippen molar-refractivity contribution < 1.29 is 14.6 Å². The highest BCUT2D eigenvalue weighted by molar-refractivity contribution is 6.06. The molecule has 3 N–H and O–H groups in total. The summed E-state index contributed by atoms with van der Waals surface area (Å²) in [7, 11) is 3.15. The lowest BCUT2D eigenvalue weighted by atomic mass is 10.1. The van der Waals surface area contributed by atoms with Crippen LogP contribution >= 0.6 is 0 Å². The van der Waals surface area contributed by atoms with Gasteiger partial charge in [0.25, 0.3) is 5.91 Å². The molecule has 0 saturated heterocycles. The van der Waals surface area contributed by atoms with E-state index >= 15 is 0 Å². The summed E-state index contributed by atoms with van der Waals surface area (Å²) in [5.41, 5.74) is 7.22. The monoisotopic (exact) mass is 272 g/mol. The summed E-state index contributed by atoms with van der Waals surface area (Å²) in [6.45, 7) is 0. The molecule has 0 fully saturated rings. The van der Waals surface area contributed by atoms with Crippen LogP contribution in [0, 0.1) is 0 Å². The smallest absolute Gasteiger partial charge is 0.258 e. The first-order valence-electron chi connectivity index (χ1n) is 6.03. The van der Waals surface area contributed by atoms with Crippen LogP contribution in [0.3, 0.4) is 0 Å². The van der Waals surface area contributed by atoms with Gasteiger partial charge < -0.3 is 20.5 Å². The molecule has 0 unspecified atom stereocenters. The van der Waals surface area contributed by atoms with E-state index in [1.54, 1.807) is 43.4 Å². The minimum absolute atomic E-state index is 0.104. The number of phenols is 1. The van der Waals surface area contributed by atoms with Crippen molar-refractivity contribution in [2.24, 2.45) is 0 Å². The van der Waals surface area contributed by atoms with Crippen LogP contribution in [0.25, 0.3) is 0 Å². The van der Waals surface area contributed by atoms with Gasteiger partial charge in [-0.3, -0.25) is 4.79 Å². The fraction of sp³-hybridized carbons (Fsp3) is 0.133. The number of carbonyl (C=O) groups is 1. The van der Waals surface area contributed by atoms with Gasteiger partial charge in [0.1, 0.15) is 11.5 Å². The highest BCUT2D eigenvalue weighted by atomic mass is 16.5. The Kier molecular flexibility index (Phi) is 3.79. The Bertz CT molecular complexity index is 641. The van der Waals surface area contributed by atoms with E-state index in [1.807, 2.05) is 0 Å². The molecule has 2 rings (SSSR count).